The number of rotatable bonds is 6. The lowest BCUT2D eigenvalue weighted by atomic mass is 10.0. The Morgan fingerprint density at radius 2 is 1.86 bits per heavy atom. The highest BCUT2D eigenvalue weighted by molar-refractivity contribution is 5.55. The Labute approximate surface area is 160 Å². The van der Waals surface area contributed by atoms with E-state index in [4.69, 9.17) is 0 Å². The number of nitrogens with one attached hydrogen (secondary N) is 2. The van der Waals surface area contributed by atoms with E-state index < -0.39 is 17.8 Å². The molecule has 0 saturated heterocycles. The van der Waals surface area contributed by atoms with E-state index in [9.17, 15) is 18.3 Å². The average Bonchev–Trinajstić information content (AvgIpc) is 2.66. The standard InChI is InChI=1S/C20H19F3N4O/c1-13-5-4-6-14(11-13)26-19-24-10-9-18(27-19)25-12-17(28)15-7-2-3-8-16(15)20(21,22)23/h2-11,17,28H,12H2,1H3,(H2,24,25,26,27). The Hall–Kier alpha value is -3.13. The van der Waals surface area contributed by atoms with E-state index in [2.05, 4.69) is 20.6 Å². The minimum absolute atomic E-state index is 0.131. The minimum atomic E-state index is -4.53. The molecule has 146 valence electrons. The van der Waals surface area contributed by atoms with Gasteiger partial charge < -0.3 is 15.7 Å². The van der Waals surface area contributed by atoms with Crippen LogP contribution in [0.15, 0.2) is 60.8 Å². The fourth-order valence-electron chi connectivity index (χ4n) is 2.73. The first-order chi connectivity index (χ1) is 13.3. The summed E-state index contributed by atoms with van der Waals surface area (Å²) in [5, 5.41) is 16.2. The van der Waals surface area contributed by atoms with Gasteiger partial charge in [-0.3, -0.25) is 0 Å². The first-order valence-electron chi connectivity index (χ1n) is 8.58. The lowest BCUT2D eigenvalue weighted by molar-refractivity contribution is -0.139. The number of alkyl halides is 3. The Morgan fingerprint density at radius 1 is 1.07 bits per heavy atom. The van der Waals surface area contributed by atoms with Gasteiger partial charge in [-0.1, -0.05) is 30.3 Å². The molecule has 0 amide bonds. The molecule has 0 aliphatic carbocycles. The summed E-state index contributed by atoms with van der Waals surface area (Å²) in [6.45, 7) is 1.83. The van der Waals surface area contributed by atoms with Gasteiger partial charge in [0, 0.05) is 18.4 Å². The molecule has 3 N–H and O–H groups in total. The molecule has 5 nitrogen and oxygen atoms in total. The molecule has 0 saturated carbocycles. The van der Waals surface area contributed by atoms with Crippen molar-refractivity contribution in [1.82, 2.24) is 9.97 Å². The minimum Gasteiger partial charge on any atom is -0.387 e. The summed E-state index contributed by atoms with van der Waals surface area (Å²) in [5.41, 5.74) is 0.852. The number of aliphatic hydroxyl groups is 1. The molecule has 0 spiro atoms. The van der Waals surface area contributed by atoms with E-state index in [1.165, 1.54) is 24.4 Å². The number of aromatic nitrogens is 2. The van der Waals surface area contributed by atoms with E-state index >= 15 is 0 Å². The molecule has 28 heavy (non-hydrogen) atoms. The number of hydrogen-bond donors (Lipinski definition) is 3. The lowest BCUT2D eigenvalue weighted by Gasteiger charge is -2.18. The van der Waals surface area contributed by atoms with E-state index in [0.717, 1.165) is 17.3 Å². The van der Waals surface area contributed by atoms with Crippen molar-refractivity contribution >= 4 is 17.5 Å². The van der Waals surface area contributed by atoms with E-state index in [0.29, 0.717) is 11.8 Å². The van der Waals surface area contributed by atoms with Gasteiger partial charge in [-0.25, -0.2) is 4.98 Å². The molecule has 0 radical (unpaired) electrons. The summed E-state index contributed by atoms with van der Waals surface area (Å²) < 4.78 is 39.3. The second kappa shape index (κ2) is 8.26. The Bertz CT molecular complexity index is 946. The Kier molecular flexibility index (Phi) is 5.79. The highest BCUT2D eigenvalue weighted by Crippen LogP contribution is 2.34. The molecular formula is C20H19F3N4O. The van der Waals surface area contributed by atoms with Crippen molar-refractivity contribution in [3.63, 3.8) is 0 Å². The van der Waals surface area contributed by atoms with Crippen LogP contribution in [0, 0.1) is 6.92 Å². The maximum absolute atomic E-state index is 13.1. The van der Waals surface area contributed by atoms with Crippen LogP contribution in [0.5, 0.6) is 0 Å². The second-order valence-electron chi connectivity index (χ2n) is 6.24. The van der Waals surface area contributed by atoms with E-state index in [1.807, 2.05) is 31.2 Å². The maximum Gasteiger partial charge on any atom is 0.416 e. The van der Waals surface area contributed by atoms with Gasteiger partial charge in [0.2, 0.25) is 5.95 Å². The van der Waals surface area contributed by atoms with E-state index in [1.54, 1.807) is 6.07 Å². The molecule has 8 heteroatoms. The normalized spacial score (nSPS) is 12.5. The Morgan fingerprint density at radius 3 is 2.61 bits per heavy atom. The molecular weight excluding hydrogens is 369 g/mol. The van der Waals surface area contributed by atoms with Gasteiger partial charge in [-0.05, 0) is 42.3 Å². The van der Waals surface area contributed by atoms with Gasteiger partial charge in [0.05, 0.1) is 11.7 Å². The zero-order valence-corrected chi connectivity index (χ0v) is 15.0. The second-order valence-corrected chi connectivity index (χ2v) is 6.24. The first-order valence-corrected chi connectivity index (χ1v) is 8.58. The van der Waals surface area contributed by atoms with Crippen LogP contribution < -0.4 is 10.6 Å². The number of aryl methyl sites for hydroxylation is 1. The van der Waals surface area contributed by atoms with Crippen molar-refractivity contribution in [2.24, 2.45) is 0 Å². The van der Waals surface area contributed by atoms with Crippen molar-refractivity contribution in [2.45, 2.75) is 19.2 Å². The number of anilines is 3. The molecule has 0 aliphatic rings. The van der Waals surface area contributed by atoms with Gasteiger partial charge >= 0.3 is 6.18 Å². The van der Waals surface area contributed by atoms with Crippen LogP contribution >= 0.6 is 0 Å². The summed E-state index contributed by atoms with van der Waals surface area (Å²) in [6.07, 6.45) is -4.36. The molecule has 0 fully saturated rings. The molecule has 2 aromatic carbocycles. The highest BCUT2D eigenvalue weighted by atomic mass is 19.4. The smallest absolute Gasteiger partial charge is 0.387 e. The summed E-state index contributed by atoms with van der Waals surface area (Å²) in [7, 11) is 0. The number of halogens is 3. The number of nitrogens with zero attached hydrogens (tertiary/aromatic N) is 2. The number of aliphatic hydroxyl groups excluding tert-OH is 1. The molecule has 0 aliphatic heterocycles. The molecule has 3 aromatic rings. The molecule has 1 heterocycles. The van der Waals surface area contributed by atoms with Gasteiger partial charge in [0.25, 0.3) is 0 Å². The Balaban J connectivity index is 1.68. The third kappa shape index (κ3) is 4.98. The van der Waals surface area contributed by atoms with Gasteiger partial charge in [-0.15, -0.1) is 0 Å². The molecule has 1 atom stereocenters. The third-order valence-corrected chi connectivity index (χ3v) is 4.03. The summed E-state index contributed by atoms with van der Waals surface area (Å²) in [6, 6.07) is 14.2. The van der Waals surface area contributed by atoms with Crippen LogP contribution in [-0.2, 0) is 6.18 Å². The predicted molar refractivity (Wildman–Crippen MR) is 101 cm³/mol. The topological polar surface area (TPSA) is 70.1 Å². The molecule has 1 aromatic heterocycles. The number of hydrogen-bond acceptors (Lipinski definition) is 5. The molecule has 3 rings (SSSR count). The van der Waals surface area contributed by atoms with Crippen LogP contribution in [0.3, 0.4) is 0 Å². The SMILES string of the molecule is Cc1cccc(Nc2nccc(NCC(O)c3ccccc3C(F)(F)F)n2)c1. The fraction of sp³-hybridized carbons (Fsp3) is 0.200. The van der Waals surface area contributed by atoms with Gasteiger partial charge in [0.1, 0.15) is 5.82 Å². The van der Waals surface area contributed by atoms with Crippen molar-refractivity contribution in [3.8, 4) is 0 Å². The largest absolute Gasteiger partial charge is 0.416 e. The number of benzene rings is 2. The maximum atomic E-state index is 13.1. The van der Waals surface area contributed by atoms with Gasteiger partial charge in [0.15, 0.2) is 0 Å². The third-order valence-electron chi connectivity index (χ3n) is 4.03. The molecule has 1 unspecified atom stereocenters. The first kappa shape index (κ1) is 19.6. The summed E-state index contributed by atoms with van der Waals surface area (Å²) in [5.74, 6) is 0.717. The van der Waals surface area contributed by atoms with Crippen molar-refractivity contribution in [2.75, 3.05) is 17.2 Å². The zero-order chi connectivity index (χ0) is 20.1. The van der Waals surface area contributed by atoms with Crippen molar-refractivity contribution in [1.29, 1.82) is 0 Å². The summed E-state index contributed by atoms with van der Waals surface area (Å²) in [4.78, 5) is 8.39. The van der Waals surface area contributed by atoms with Gasteiger partial charge in [-0.2, -0.15) is 18.2 Å². The van der Waals surface area contributed by atoms with Crippen molar-refractivity contribution < 1.29 is 18.3 Å². The van der Waals surface area contributed by atoms with Crippen LogP contribution in [0.25, 0.3) is 0 Å². The quantitative estimate of drug-likeness (QED) is 0.571. The van der Waals surface area contributed by atoms with E-state index in [-0.39, 0.29) is 12.1 Å². The summed E-state index contributed by atoms with van der Waals surface area (Å²) >= 11 is 0. The highest BCUT2D eigenvalue weighted by Gasteiger charge is 2.34. The fourth-order valence-corrected chi connectivity index (χ4v) is 2.73. The lowest BCUT2D eigenvalue weighted by Crippen LogP contribution is -2.18. The molecule has 0 bridgehead atoms. The van der Waals surface area contributed by atoms with Crippen LogP contribution in [-0.4, -0.2) is 21.6 Å². The average molecular weight is 388 g/mol. The zero-order valence-electron chi connectivity index (χ0n) is 15.0. The van der Waals surface area contributed by atoms with Crippen LogP contribution in [0.1, 0.15) is 22.8 Å². The van der Waals surface area contributed by atoms with Crippen LogP contribution in [0.4, 0.5) is 30.6 Å². The monoisotopic (exact) mass is 388 g/mol. The predicted octanol–water partition coefficient (Wildman–Crippen LogP) is 4.69. The van der Waals surface area contributed by atoms with Crippen LogP contribution in [0.2, 0.25) is 0 Å². The van der Waals surface area contributed by atoms with Crippen molar-refractivity contribution in [3.05, 3.63) is 77.5 Å².